The van der Waals surface area contributed by atoms with Crippen LogP contribution < -0.4 is 9.64 Å². The number of carbonyl (C=O) groups excluding carboxylic acids is 2. The molecule has 162 valence electrons. The quantitative estimate of drug-likeness (QED) is 0.285. The lowest BCUT2D eigenvalue weighted by atomic mass is 9.91. The number of rotatable bonds is 5. The van der Waals surface area contributed by atoms with Gasteiger partial charge in [0.1, 0.15) is 12.4 Å². The van der Waals surface area contributed by atoms with Crippen molar-refractivity contribution in [3.05, 3.63) is 112 Å². The fourth-order valence-electron chi connectivity index (χ4n) is 3.79. The number of ether oxygens (including phenoxy) is 1. The van der Waals surface area contributed by atoms with Gasteiger partial charge in [0.25, 0.3) is 11.8 Å². The smallest absolute Gasteiger partial charge is 0.265 e. The maximum absolute atomic E-state index is 13.5. The Bertz CT molecular complexity index is 1360. The normalized spacial score (nSPS) is 14.5. The van der Waals surface area contributed by atoms with Crippen LogP contribution in [0.25, 0.3) is 11.6 Å². The van der Waals surface area contributed by atoms with E-state index in [2.05, 4.69) is 4.98 Å². The monoisotopic (exact) mass is 452 g/mol. The fourth-order valence-corrected chi connectivity index (χ4v) is 4.33. The Hall–Kier alpha value is -4.03. The van der Waals surface area contributed by atoms with Crippen LogP contribution in [0.2, 0.25) is 0 Å². The van der Waals surface area contributed by atoms with E-state index in [0.717, 1.165) is 22.6 Å². The van der Waals surface area contributed by atoms with Gasteiger partial charge in [-0.15, -0.1) is 11.3 Å². The van der Waals surface area contributed by atoms with Gasteiger partial charge in [0.15, 0.2) is 0 Å². The SMILES string of the molecule is Cc1cccc(N2C(=O)/C(=C/c3ccc(OCc4cscn4)cc3)c3ccccc3C2=O)c1. The molecule has 6 heteroatoms. The highest BCUT2D eigenvalue weighted by Gasteiger charge is 2.35. The average molecular weight is 453 g/mol. The average Bonchev–Trinajstić information content (AvgIpc) is 3.35. The lowest BCUT2D eigenvalue weighted by molar-refractivity contribution is -0.112. The summed E-state index contributed by atoms with van der Waals surface area (Å²) in [5.74, 6) is 0.0642. The van der Waals surface area contributed by atoms with Crippen LogP contribution in [-0.4, -0.2) is 16.8 Å². The zero-order valence-corrected chi connectivity index (χ0v) is 18.7. The number of aryl methyl sites for hydroxylation is 1. The number of benzene rings is 3. The molecule has 0 radical (unpaired) electrons. The van der Waals surface area contributed by atoms with Gasteiger partial charge in [-0.2, -0.15) is 0 Å². The topological polar surface area (TPSA) is 59.5 Å². The van der Waals surface area contributed by atoms with E-state index in [-0.39, 0.29) is 11.8 Å². The second-order valence-corrected chi connectivity index (χ2v) is 8.44. The van der Waals surface area contributed by atoms with E-state index in [1.54, 1.807) is 17.6 Å². The molecule has 1 aliphatic rings. The van der Waals surface area contributed by atoms with Gasteiger partial charge in [0, 0.05) is 16.5 Å². The first-order valence-corrected chi connectivity index (χ1v) is 11.4. The molecule has 0 saturated carbocycles. The Morgan fingerprint density at radius 3 is 2.45 bits per heavy atom. The van der Waals surface area contributed by atoms with Gasteiger partial charge >= 0.3 is 0 Å². The molecule has 33 heavy (non-hydrogen) atoms. The molecule has 5 nitrogen and oxygen atoms in total. The highest BCUT2D eigenvalue weighted by molar-refractivity contribution is 7.07. The zero-order valence-electron chi connectivity index (χ0n) is 17.9. The summed E-state index contributed by atoms with van der Waals surface area (Å²) >= 11 is 1.53. The van der Waals surface area contributed by atoms with Crippen LogP contribution in [0, 0.1) is 6.92 Å². The summed E-state index contributed by atoms with van der Waals surface area (Å²) in [4.78, 5) is 32.2. The lowest BCUT2D eigenvalue weighted by Crippen LogP contribution is -2.41. The molecule has 0 unspecified atom stereocenters. The van der Waals surface area contributed by atoms with Crippen LogP contribution in [-0.2, 0) is 11.4 Å². The van der Waals surface area contributed by atoms with Crippen LogP contribution in [0.3, 0.4) is 0 Å². The van der Waals surface area contributed by atoms with Gasteiger partial charge < -0.3 is 4.74 Å². The molecule has 0 saturated heterocycles. The van der Waals surface area contributed by atoms with Crippen molar-refractivity contribution in [2.45, 2.75) is 13.5 Å². The minimum absolute atomic E-state index is 0.316. The van der Waals surface area contributed by atoms with Crippen LogP contribution in [0.1, 0.15) is 32.7 Å². The Morgan fingerprint density at radius 2 is 1.73 bits per heavy atom. The molecule has 5 rings (SSSR count). The van der Waals surface area contributed by atoms with Gasteiger partial charge in [0.2, 0.25) is 0 Å². The molecule has 4 aromatic rings. The van der Waals surface area contributed by atoms with E-state index < -0.39 is 0 Å². The first kappa shape index (κ1) is 20.8. The Labute approximate surface area is 195 Å². The van der Waals surface area contributed by atoms with Crippen molar-refractivity contribution in [1.29, 1.82) is 0 Å². The molecule has 0 N–H and O–H groups in total. The maximum atomic E-state index is 13.5. The minimum atomic E-state index is -0.340. The van der Waals surface area contributed by atoms with Crippen molar-refractivity contribution in [3.63, 3.8) is 0 Å². The van der Waals surface area contributed by atoms with Crippen molar-refractivity contribution in [2.75, 3.05) is 4.90 Å². The van der Waals surface area contributed by atoms with E-state index >= 15 is 0 Å². The Morgan fingerprint density at radius 1 is 0.939 bits per heavy atom. The molecular formula is C27H20N2O3S. The zero-order chi connectivity index (χ0) is 22.8. The molecule has 1 aromatic heterocycles. The van der Waals surface area contributed by atoms with Crippen LogP contribution >= 0.6 is 11.3 Å². The second-order valence-electron chi connectivity index (χ2n) is 7.73. The van der Waals surface area contributed by atoms with Gasteiger partial charge in [-0.05, 0) is 60.0 Å². The Balaban J connectivity index is 1.48. The largest absolute Gasteiger partial charge is 0.487 e. The van der Waals surface area contributed by atoms with Crippen molar-refractivity contribution >= 4 is 40.5 Å². The minimum Gasteiger partial charge on any atom is -0.487 e. The number of hydrogen-bond acceptors (Lipinski definition) is 5. The van der Waals surface area contributed by atoms with Crippen molar-refractivity contribution in [2.24, 2.45) is 0 Å². The summed E-state index contributed by atoms with van der Waals surface area (Å²) in [6.07, 6.45) is 1.82. The number of anilines is 1. The van der Waals surface area contributed by atoms with E-state index in [4.69, 9.17) is 4.74 Å². The summed E-state index contributed by atoms with van der Waals surface area (Å²) in [6.45, 7) is 2.34. The van der Waals surface area contributed by atoms with E-state index in [9.17, 15) is 9.59 Å². The third-order valence-corrected chi connectivity index (χ3v) is 6.04. The van der Waals surface area contributed by atoms with Crippen molar-refractivity contribution in [1.82, 2.24) is 4.98 Å². The first-order valence-electron chi connectivity index (χ1n) is 10.5. The van der Waals surface area contributed by atoms with Gasteiger partial charge in [-0.1, -0.05) is 42.5 Å². The van der Waals surface area contributed by atoms with E-state index in [1.165, 1.54) is 16.2 Å². The summed E-state index contributed by atoms with van der Waals surface area (Å²) < 4.78 is 5.78. The molecule has 0 atom stereocenters. The van der Waals surface area contributed by atoms with Gasteiger partial charge in [0.05, 0.1) is 16.9 Å². The summed E-state index contributed by atoms with van der Waals surface area (Å²) in [6, 6.07) is 22.1. The summed E-state index contributed by atoms with van der Waals surface area (Å²) in [5.41, 5.74) is 6.67. The number of nitrogens with zero attached hydrogens (tertiary/aromatic N) is 2. The molecule has 3 aromatic carbocycles. The number of fused-ring (bicyclic) bond motifs is 1. The highest BCUT2D eigenvalue weighted by Crippen LogP contribution is 2.33. The number of carbonyl (C=O) groups is 2. The third kappa shape index (κ3) is 4.21. The molecule has 0 bridgehead atoms. The molecule has 0 aliphatic carbocycles. The van der Waals surface area contributed by atoms with Gasteiger partial charge in [-0.25, -0.2) is 9.88 Å². The molecule has 0 fully saturated rings. The van der Waals surface area contributed by atoms with Crippen molar-refractivity contribution in [3.8, 4) is 5.75 Å². The lowest BCUT2D eigenvalue weighted by Gasteiger charge is -2.29. The van der Waals surface area contributed by atoms with Crippen LogP contribution in [0.5, 0.6) is 5.75 Å². The third-order valence-electron chi connectivity index (χ3n) is 5.41. The first-order chi connectivity index (χ1) is 16.1. The van der Waals surface area contributed by atoms with Gasteiger partial charge in [-0.3, -0.25) is 9.59 Å². The molecule has 2 amide bonds. The number of imide groups is 1. The Kier molecular flexibility index (Phi) is 5.59. The van der Waals surface area contributed by atoms with Crippen molar-refractivity contribution < 1.29 is 14.3 Å². The molecule has 2 heterocycles. The summed E-state index contributed by atoms with van der Waals surface area (Å²) in [5, 5.41) is 1.95. The number of amides is 2. The number of thiazole rings is 1. The molecule has 0 spiro atoms. The predicted molar refractivity (Wildman–Crippen MR) is 130 cm³/mol. The highest BCUT2D eigenvalue weighted by atomic mass is 32.1. The summed E-state index contributed by atoms with van der Waals surface area (Å²) in [7, 11) is 0. The second kappa shape index (κ2) is 8.84. The molecule has 1 aliphatic heterocycles. The number of aromatic nitrogens is 1. The van der Waals surface area contributed by atoms with E-state index in [0.29, 0.717) is 29.0 Å². The maximum Gasteiger partial charge on any atom is 0.265 e. The molecular weight excluding hydrogens is 432 g/mol. The number of hydrogen-bond donors (Lipinski definition) is 0. The standard InChI is InChI=1S/C27H20N2O3S/c1-18-5-4-6-21(13-18)29-26(30)24-8-3-2-7-23(24)25(27(29)31)14-19-9-11-22(12-10-19)32-15-20-16-33-17-28-20/h2-14,16-17H,15H2,1H3/b25-14+. The van der Waals surface area contributed by atoms with Crippen LogP contribution in [0.15, 0.2) is 83.7 Å². The fraction of sp³-hybridized carbons (Fsp3) is 0.0741. The predicted octanol–water partition coefficient (Wildman–Crippen LogP) is 5.76. The van der Waals surface area contributed by atoms with Crippen LogP contribution in [0.4, 0.5) is 5.69 Å². The van der Waals surface area contributed by atoms with E-state index in [1.807, 2.05) is 79.0 Å².